The average Bonchev–Trinajstić information content (AvgIpc) is 2.22. The predicted octanol–water partition coefficient (Wildman–Crippen LogP) is 5.51. The number of thioether (sulfide) groups is 1. The second-order valence-corrected chi connectivity index (χ2v) is 11.7. The van der Waals surface area contributed by atoms with E-state index >= 15 is 0 Å². The second kappa shape index (κ2) is 6.37. The van der Waals surface area contributed by atoms with Crippen LogP contribution in [0.2, 0.25) is 0 Å². The predicted molar refractivity (Wildman–Crippen MR) is 101 cm³/mol. The van der Waals surface area contributed by atoms with Crippen LogP contribution in [0, 0.1) is 16.2 Å². The molecule has 0 rings (SSSR count). The van der Waals surface area contributed by atoms with Gasteiger partial charge in [-0.3, -0.25) is 4.79 Å². The minimum atomic E-state index is -0.255. The summed E-state index contributed by atoms with van der Waals surface area (Å²) in [5.41, 5.74) is 0.00832. The zero-order chi connectivity index (χ0) is 18.2. The van der Waals surface area contributed by atoms with Gasteiger partial charge in [-0.25, -0.2) is 0 Å². The molecule has 0 bridgehead atoms. The van der Waals surface area contributed by atoms with E-state index in [-0.39, 0.29) is 32.4 Å². The normalized spacial score (nSPS) is 14.9. The molecule has 0 aromatic carbocycles. The van der Waals surface area contributed by atoms with Crippen LogP contribution in [0.5, 0.6) is 0 Å². The molecule has 2 nitrogen and oxygen atoms in total. The Morgan fingerprint density at radius 1 is 0.773 bits per heavy atom. The molecule has 0 radical (unpaired) electrons. The van der Waals surface area contributed by atoms with Gasteiger partial charge in [0, 0.05) is 10.3 Å². The number of nitrogens with one attached hydrogen (secondary N) is 1. The molecule has 1 amide bonds. The van der Waals surface area contributed by atoms with Crippen LogP contribution in [-0.2, 0) is 4.79 Å². The molecule has 0 saturated heterocycles. The van der Waals surface area contributed by atoms with E-state index in [1.54, 1.807) is 11.8 Å². The standard InChI is InChI=1S/C19H39NOS/c1-15(2,3)17(7,8)18(9,10)20-14(21)13-22-19(11,12)16(4,5)6/h13H2,1-12H3,(H,20,21). The molecule has 22 heavy (non-hydrogen) atoms. The van der Waals surface area contributed by atoms with Gasteiger partial charge < -0.3 is 5.32 Å². The van der Waals surface area contributed by atoms with Gasteiger partial charge in [-0.05, 0) is 30.1 Å². The maximum Gasteiger partial charge on any atom is 0.230 e. The molecule has 3 heteroatoms. The topological polar surface area (TPSA) is 29.1 Å². The molecule has 0 aromatic heterocycles. The number of carbonyl (C=O) groups excluding carboxylic acids is 1. The maximum atomic E-state index is 12.5. The van der Waals surface area contributed by atoms with Crippen LogP contribution in [-0.4, -0.2) is 21.9 Å². The summed E-state index contributed by atoms with van der Waals surface area (Å²) in [6.45, 7) is 26.6. The van der Waals surface area contributed by atoms with E-state index < -0.39 is 0 Å². The molecule has 132 valence electrons. The van der Waals surface area contributed by atoms with Crippen LogP contribution in [0.1, 0.15) is 83.1 Å². The Bertz CT molecular complexity index is 395. The Balaban J connectivity index is 4.88. The summed E-state index contributed by atoms with van der Waals surface area (Å²) in [4.78, 5) is 12.5. The number of amides is 1. The molecular formula is C19H39NOS. The highest BCUT2D eigenvalue weighted by Crippen LogP contribution is 2.46. The van der Waals surface area contributed by atoms with Crippen molar-refractivity contribution in [2.75, 3.05) is 5.75 Å². The smallest absolute Gasteiger partial charge is 0.230 e. The van der Waals surface area contributed by atoms with Crippen molar-refractivity contribution in [3.8, 4) is 0 Å². The second-order valence-electron chi connectivity index (χ2n) is 10.1. The molecule has 0 aliphatic rings. The van der Waals surface area contributed by atoms with Crippen LogP contribution in [0.15, 0.2) is 0 Å². The van der Waals surface area contributed by atoms with E-state index in [2.05, 4.69) is 88.4 Å². The lowest BCUT2D eigenvalue weighted by Gasteiger charge is -2.51. The van der Waals surface area contributed by atoms with Crippen molar-refractivity contribution >= 4 is 17.7 Å². The van der Waals surface area contributed by atoms with E-state index in [0.717, 1.165) is 0 Å². The van der Waals surface area contributed by atoms with E-state index in [9.17, 15) is 4.79 Å². The monoisotopic (exact) mass is 329 g/mol. The number of hydrogen-bond donors (Lipinski definition) is 1. The summed E-state index contributed by atoms with van der Waals surface area (Å²) in [5.74, 6) is 0.637. The molecule has 0 fully saturated rings. The lowest BCUT2D eigenvalue weighted by Crippen LogP contribution is -2.58. The summed E-state index contributed by atoms with van der Waals surface area (Å²) >= 11 is 1.74. The maximum absolute atomic E-state index is 12.5. The molecule has 0 heterocycles. The van der Waals surface area contributed by atoms with Gasteiger partial charge in [0.2, 0.25) is 5.91 Å². The molecule has 0 aliphatic heterocycles. The zero-order valence-corrected chi connectivity index (χ0v) is 17.8. The summed E-state index contributed by atoms with van der Waals surface area (Å²) in [6.07, 6.45) is 0. The first kappa shape index (κ1) is 21.8. The van der Waals surface area contributed by atoms with Gasteiger partial charge in [-0.2, -0.15) is 0 Å². The Labute approximate surface area is 143 Å². The van der Waals surface area contributed by atoms with Crippen LogP contribution >= 0.6 is 11.8 Å². The van der Waals surface area contributed by atoms with Crippen LogP contribution in [0.25, 0.3) is 0 Å². The van der Waals surface area contributed by atoms with Gasteiger partial charge in [-0.15, -0.1) is 11.8 Å². The van der Waals surface area contributed by atoms with Crippen molar-refractivity contribution in [1.82, 2.24) is 5.32 Å². The van der Waals surface area contributed by atoms with E-state index in [1.165, 1.54) is 0 Å². The largest absolute Gasteiger partial charge is 0.350 e. The van der Waals surface area contributed by atoms with Crippen molar-refractivity contribution in [3.63, 3.8) is 0 Å². The highest BCUT2D eigenvalue weighted by Gasteiger charge is 2.46. The third-order valence-corrected chi connectivity index (χ3v) is 8.00. The molecule has 0 saturated carbocycles. The fraction of sp³-hybridized carbons (Fsp3) is 0.947. The highest BCUT2D eigenvalue weighted by atomic mass is 32.2. The first-order valence-corrected chi connectivity index (χ1v) is 9.29. The highest BCUT2D eigenvalue weighted by molar-refractivity contribution is 8.01. The summed E-state index contributed by atoms with van der Waals surface area (Å²) in [6, 6.07) is 0. The fourth-order valence-electron chi connectivity index (χ4n) is 1.94. The lowest BCUT2D eigenvalue weighted by molar-refractivity contribution is -0.122. The van der Waals surface area contributed by atoms with Crippen molar-refractivity contribution in [1.29, 1.82) is 0 Å². The third-order valence-electron chi connectivity index (χ3n) is 6.26. The Morgan fingerprint density at radius 3 is 1.50 bits per heavy atom. The molecule has 0 aliphatic carbocycles. The van der Waals surface area contributed by atoms with Gasteiger partial charge in [-0.1, -0.05) is 69.2 Å². The minimum absolute atomic E-state index is 0.0140. The third kappa shape index (κ3) is 4.91. The van der Waals surface area contributed by atoms with Gasteiger partial charge in [0.1, 0.15) is 0 Å². The quantitative estimate of drug-likeness (QED) is 0.720. The van der Waals surface area contributed by atoms with Crippen LogP contribution in [0.3, 0.4) is 0 Å². The van der Waals surface area contributed by atoms with Gasteiger partial charge in [0.05, 0.1) is 5.75 Å². The zero-order valence-electron chi connectivity index (χ0n) is 17.0. The molecular weight excluding hydrogens is 290 g/mol. The van der Waals surface area contributed by atoms with Gasteiger partial charge in [0.15, 0.2) is 0 Å². The van der Waals surface area contributed by atoms with Crippen molar-refractivity contribution in [2.45, 2.75) is 93.4 Å². The van der Waals surface area contributed by atoms with Crippen LogP contribution in [0.4, 0.5) is 0 Å². The molecule has 0 unspecified atom stereocenters. The van der Waals surface area contributed by atoms with Crippen molar-refractivity contribution in [3.05, 3.63) is 0 Å². The number of hydrogen-bond acceptors (Lipinski definition) is 2. The first-order chi connectivity index (χ1) is 9.35. The fourth-order valence-corrected chi connectivity index (χ4v) is 2.94. The molecule has 0 aromatic rings. The summed E-state index contributed by atoms with van der Waals surface area (Å²) in [7, 11) is 0. The average molecular weight is 330 g/mol. The van der Waals surface area contributed by atoms with E-state index in [0.29, 0.717) is 5.75 Å². The lowest BCUT2D eigenvalue weighted by atomic mass is 9.59. The Morgan fingerprint density at radius 2 is 1.18 bits per heavy atom. The van der Waals surface area contributed by atoms with Crippen LogP contribution < -0.4 is 5.32 Å². The van der Waals surface area contributed by atoms with Crippen molar-refractivity contribution in [2.24, 2.45) is 16.2 Å². The number of rotatable bonds is 5. The minimum Gasteiger partial charge on any atom is -0.350 e. The Hall–Kier alpha value is -0.180. The molecule has 1 N–H and O–H groups in total. The summed E-state index contributed by atoms with van der Waals surface area (Å²) in [5, 5.41) is 3.27. The van der Waals surface area contributed by atoms with Gasteiger partial charge >= 0.3 is 0 Å². The molecule has 0 atom stereocenters. The first-order valence-electron chi connectivity index (χ1n) is 8.30. The molecule has 0 spiro atoms. The Kier molecular flexibility index (Phi) is 6.32. The van der Waals surface area contributed by atoms with Gasteiger partial charge in [0.25, 0.3) is 0 Å². The number of carbonyl (C=O) groups is 1. The van der Waals surface area contributed by atoms with E-state index in [1.807, 2.05) is 0 Å². The van der Waals surface area contributed by atoms with Crippen molar-refractivity contribution < 1.29 is 4.79 Å². The summed E-state index contributed by atoms with van der Waals surface area (Å²) < 4.78 is 0.0635. The SMILES string of the molecule is CC(C)(C)C(C)(C)SCC(=O)NC(C)(C)C(C)(C)C(C)(C)C. The van der Waals surface area contributed by atoms with E-state index in [4.69, 9.17) is 0 Å².